The molecule has 0 fully saturated rings. The molecule has 0 amide bonds. The molecule has 1 nitrogen and oxygen atoms in total. The third-order valence-corrected chi connectivity index (χ3v) is 2.76. The summed E-state index contributed by atoms with van der Waals surface area (Å²) in [5.74, 6) is 0. The fourth-order valence-electron chi connectivity index (χ4n) is 1.40. The van der Waals surface area contributed by atoms with Gasteiger partial charge in [-0.25, -0.2) is 0 Å². The molecule has 0 unspecified atom stereocenters. The molecule has 1 heterocycles. The van der Waals surface area contributed by atoms with Crippen molar-refractivity contribution in [2.24, 2.45) is 0 Å². The minimum atomic E-state index is 0.0990. The van der Waals surface area contributed by atoms with Crippen LogP contribution in [0, 0.1) is 0 Å². The van der Waals surface area contributed by atoms with Crippen molar-refractivity contribution in [3.05, 3.63) is 42.1 Å². The zero-order chi connectivity index (χ0) is 10.2. The van der Waals surface area contributed by atoms with Gasteiger partial charge in [0.2, 0.25) is 0 Å². The van der Waals surface area contributed by atoms with Crippen molar-refractivity contribution in [1.29, 1.82) is 0 Å². The fraction of sp³-hybridized carbons (Fsp3) is 0.250. The second-order valence-corrected chi connectivity index (χ2v) is 6.56. The Balaban J connectivity index is 2.63. The second-order valence-electron chi connectivity index (χ2n) is 3.86. The summed E-state index contributed by atoms with van der Waals surface area (Å²) in [5, 5.41) is 1.21. The van der Waals surface area contributed by atoms with Gasteiger partial charge in [-0.3, -0.25) is 4.98 Å². The highest BCUT2D eigenvalue weighted by molar-refractivity contribution is 14.1. The maximum atomic E-state index is 4.64. The first-order valence-electron chi connectivity index (χ1n) is 4.62. The van der Waals surface area contributed by atoms with Crippen LogP contribution in [0.15, 0.2) is 36.4 Å². The first kappa shape index (κ1) is 9.90. The summed E-state index contributed by atoms with van der Waals surface area (Å²) < 4.78 is 0.0990. The number of para-hydroxylation sites is 1. The fourth-order valence-corrected chi connectivity index (χ4v) is 1.70. The van der Waals surface area contributed by atoms with Crippen LogP contribution in [0.2, 0.25) is 0 Å². The van der Waals surface area contributed by atoms with Gasteiger partial charge in [0.15, 0.2) is 0 Å². The lowest BCUT2D eigenvalue weighted by atomic mass is 10.1. The SMILES string of the molecule is CC(C)(I)c1ccc2ccccc2n1. The van der Waals surface area contributed by atoms with Crippen molar-refractivity contribution in [3.63, 3.8) is 0 Å². The minimum absolute atomic E-state index is 0.0990. The molecule has 72 valence electrons. The van der Waals surface area contributed by atoms with E-state index in [-0.39, 0.29) is 3.42 Å². The molecule has 0 saturated heterocycles. The second kappa shape index (κ2) is 3.50. The molecule has 0 atom stereocenters. The molecule has 0 aliphatic carbocycles. The van der Waals surface area contributed by atoms with Crippen molar-refractivity contribution in [2.75, 3.05) is 0 Å². The average Bonchev–Trinajstić information content (AvgIpc) is 2.16. The van der Waals surface area contributed by atoms with Gasteiger partial charge in [-0.15, -0.1) is 0 Å². The normalized spacial score (nSPS) is 11.9. The van der Waals surface area contributed by atoms with Gasteiger partial charge in [0, 0.05) is 5.39 Å². The zero-order valence-corrected chi connectivity index (χ0v) is 10.4. The Morgan fingerprint density at radius 3 is 2.50 bits per heavy atom. The van der Waals surface area contributed by atoms with Gasteiger partial charge in [-0.2, -0.15) is 0 Å². The van der Waals surface area contributed by atoms with E-state index < -0.39 is 0 Å². The van der Waals surface area contributed by atoms with Gasteiger partial charge in [0.1, 0.15) is 0 Å². The monoisotopic (exact) mass is 297 g/mol. The summed E-state index contributed by atoms with van der Waals surface area (Å²) in [6, 6.07) is 12.5. The highest BCUT2D eigenvalue weighted by Gasteiger charge is 2.17. The van der Waals surface area contributed by atoms with E-state index in [1.807, 2.05) is 12.1 Å². The highest BCUT2D eigenvalue weighted by Crippen LogP contribution is 2.29. The molecule has 2 aromatic rings. The number of rotatable bonds is 1. The van der Waals surface area contributed by atoms with Crippen molar-refractivity contribution >= 4 is 33.5 Å². The van der Waals surface area contributed by atoms with Crippen LogP contribution in [-0.2, 0) is 3.42 Å². The molecule has 0 bridgehead atoms. The third-order valence-electron chi connectivity index (χ3n) is 2.21. The van der Waals surface area contributed by atoms with Gasteiger partial charge >= 0.3 is 0 Å². The summed E-state index contributed by atoms with van der Waals surface area (Å²) in [6.07, 6.45) is 0. The number of hydrogen-bond acceptors (Lipinski definition) is 1. The molecule has 0 aliphatic heterocycles. The van der Waals surface area contributed by atoms with Gasteiger partial charge in [-0.05, 0) is 26.0 Å². The van der Waals surface area contributed by atoms with Gasteiger partial charge in [-0.1, -0.05) is 46.9 Å². The van der Waals surface area contributed by atoms with Crippen LogP contribution in [0.4, 0.5) is 0 Å². The molecule has 0 spiro atoms. The average molecular weight is 297 g/mol. The van der Waals surface area contributed by atoms with Crippen molar-refractivity contribution < 1.29 is 0 Å². The van der Waals surface area contributed by atoms with E-state index in [0.717, 1.165) is 11.2 Å². The number of benzene rings is 1. The van der Waals surface area contributed by atoms with E-state index >= 15 is 0 Å². The predicted molar refractivity (Wildman–Crippen MR) is 68.8 cm³/mol. The molecule has 0 saturated carbocycles. The van der Waals surface area contributed by atoms with E-state index in [0.29, 0.717) is 0 Å². The summed E-state index contributed by atoms with van der Waals surface area (Å²) in [4.78, 5) is 4.64. The Bertz CT molecular complexity index is 457. The predicted octanol–water partition coefficient (Wildman–Crippen LogP) is 3.90. The van der Waals surface area contributed by atoms with Crippen LogP contribution in [0.3, 0.4) is 0 Å². The molecular weight excluding hydrogens is 285 g/mol. The maximum Gasteiger partial charge on any atom is 0.0705 e. The maximum absolute atomic E-state index is 4.64. The van der Waals surface area contributed by atoms with Crippen LogP contribution in [0.1, 0.15) is 19.5 Å². The van der Waals surface area contributed by atoms with Gasteiger partial charge in [0.25, 0.3) is 0 Å². The standard InChI is InChI=1S/C12H12IN/c1-12(2,13)11-8-7-9-5-3-4-6-10(9)14-11/h3-8H,1-2H3. The molecular formula is C12H12IN. The molecule has 14 heavy (non-hydrogen) atoms. The number of alkyl halides is 1. The van der Waals surface area contributed by atoms with E-state index in [1.165, 1.54) is 5.39 Å². The lowest BCUT2D eigenvalue weighted by molar-refractivity contribution is 0.793. The lowest BCUT2D eigenvalue weighted by Gasteiger charge is -2.15. The summed E-state index contributed by atoms with van der Waals surface area (Å²) in [7, 11) is 0. The number of fused-ring (bicyclic) bond motifs is 1. The Morgan fingerprint density at radius 1 is 1.07 bits per heavy atom. The van der Waals surface area contributed by atoms with Crippen LogP contribution in [-0.4, -0.2) is 4.98 Å². The lowest BCUT2D eigenvalue weighted by Crippen LogP contribution is -2.08. The summed E-state index contributed by atoms with van der Waals surface area (Å²) in [6.45, 7) is 4.34. The molecule has 2 heteroatoms. The van der Waals surface area contributed by atoms with Crippen molar-refractivity contribution in [1.82, 2.24) is 4.98 Å². The third kappa shape index (κ3) is 1.90. The number of hydrogen-bond donors (Lipinski definition) is 0. The largest absolute Gasteiger partial charge is 0.251 e. The smallest absolute Gasteiger partial charge is 0.0705 e. The summed E-state index contributed by atoms with van der Waals surface area (Å²) >= 11 is 2.41. The highest BCUT2D eigenvalue weighted by atomic mass is 127. The quantitative estimate of drug-likeness (QED) is 0.574. The van der Waals surface area contributed by atoms with Crippen molar-refractivity contribution in [2.45, 2.75) is 17.3 Å². The first-order chi connectivity index (χ1) is 6.57. The summed E-state index contributed by atoms with van der Waals surface area (Å²) in [5.41, 5.74) is 2.21. The molecule has 1 aromatic heterocycles. The Kier molecular flexibility index (Phi) is 2.47. The van der Waals surface area contributed by atoms with E-state index in [9.17, 15) is 0 Å². The van der Waals surface area contributed by atoms with Crippen LogP contribution in [0.5, 0.6) is 0 Å². The van der Waals surface area contributed by atoms with E-state index in [2.05, 4.69) is 65.7 Å². The van der Waals surface area contributed by atoms with Crippen LogP contribution < -0.4 is 0 Å². The number of nitrogens with zero attached hydrogens (tertiary/aromatic N) is 1. The van der Waals surface area contributed by atoms with E-state index in [4.69, 9.17) is 0 Å². The molecule has 0 aliphatic rings. The van der Waals surface area contributed by atoms with Crippen LogP contribution >= 0.6 is 22.6 Å². The van der Waals surface area contributed by atoms with Crippen LogP contribution in [0.25, 0.3) is 10.9 Å². The molecule has 0 N–H and O–H groups in total. The zero-order valence-electron chi connectivity index (χ0n) is 8.29. The van der Waals surface area contributed by atoms with E-state index in [1.54, 1.807) is 0 Å². The Labute approximate surface area is 97.7 Å². The topological polar surface area (TPSA) is 12.9 Å². The number of aromatic nitrogens is 1. The Hall–Kier alpha value is -0.640. The number of pyridine rings is 1. The Morgan fingerprint density at radius 2 is 1.79 bits per heavy atom. The molecule has 0 radical (unpaired) electrons. The van der Waals surface area contributed by atoms with Gasteiger partial charge < -0.3 is 0 Å². The first-order valence-corrected chi connectivity index (χ1v) is 5.70. The minimum Gasteiger partial charge on any atom is -0.251 e. The van der Waals surface area contributed by atoms with Crippen molar-refractivity contribution in [3.8, 4) is 0 Å². The van der Waals surface area contributed by atoms with Gasteiger partial charge in [0.05, 0.1) is 14.6 Å². The molecule has 2 rings (SSSR count). The number of halogens is 1. The molecule has 1 aromatic carbocycles.